The molecule has 1 fully saturated rings. The summed E-state index contributed by atoms with van der Waals surface area (Å²) < 4.78 is 0. The molecule has 1 saturated heterocycles. The van der Waals surface area contributed by atoms with Crippen LogP contribution in [0, 0.1) is 5.41 Å². The van der Waals surface area contributed by atoms with E-state index < -0.39 is 0 Å². The van der Waals surface area contributed by atoms with Gasteiger partial charge in [-0.05, 0) is 59.4 Å². The van der Waals surface area contributed by atoms with Crippen LogP contribution in [0.1, 0.15) is 121 Å². The number of hydrogen-bond donors (Lipinski definition) is 0. The molecule has 4 heteroatoms. The Hall–Kier alpha value is -2.62. The van der Waals surface area contributed by atoms with E-state index in [1.165, 1.54) is 23.2 Å². The first-order chi connectivity index (χ1) is 18.2. The van der Waals surface area contributed by atoms with Crippen molar-refractivity contribution in [1.29, 1.82) is 0 Å². The predicted molar refractivity (Wildman–Crippen MR) is 184 cm³/mol. The van der Waals surface area contributed by atoms with E-state index in [-0.39, 0.29) is 32.0 Å². The van der Waals surface area contributed by atoms with Crippen LogP contribution in [0.4, 0.5) is 5.69 Å². The summed E-state index contributed by atoms with van der Waals surface area (Å²) in [5.41, 5.74) is 5.69. The predicted octanol–water partition coefficient (Wildman–Crippen LogP) is 9.77. The van der Waals surface area contributed by atoms with E-state index in [1.54, 1.807) is 13.8 Å². The number of hydrogen-bond acceptors (Lipinski definition) is 3. The van der Waals surface area contributed by atoms with Crippen molar-refractivity contribution in [2.75, 3.05) is 31.1 Å². The summed E-state index contributed by atoms with van der Waals surface area (Å²) in [6, 6.07) is 17.3. The zero-order valence-electron chi connectivity index (χ0n) is 27.3. The van der Waals surface area contributed by atoms with E-state index >= 15 is 0 Å². The maximum absolute atomic E-state index is 11.3. The van der Waals surface area contributed by atoms with Crippen LogP contribution in [0.5, 0.6) is 0 Å². The van der Waals surface area contributed by atoms with Crippen molar-refractivity contribution >= 4 is 17.4 Å². The number of carbonyl (C=O) groups is 2. The average Bonchev–Trinajstić information content (AvgIpc) is 2.90. The second-order valence-corrected chi connectivity index (χ2v) is 12.0. The van der Waals surface area contributed by atoms with Gasteiger partial charge in [0.25, 0.3) is 0 Å². The lowest BCUT2D eigenvalue weighted by Gasteiger charge is -2.35. The van der Waals surface area contributed by atoms with Gasteiger partial charge in [-0.15, -0.1) is 0 Å². The first-order valence-electron chi connectivity index (χ1n) is 14.9. The summed E-state index contributed by atoms with van der Waals surface area (Å²) in [7, 11) is 0. The van der Waals surface area contributed by atoms with Gasteiger partial charge in [-0.25, -0.2) is 0 Å². The molecule has 0 radical (unpaired) electrons. The maximum Gasteiger partial charge on any atom is 0.219 e. The molecule has 0 atom stereocenters. The zero-order chi connectivity index (χ0) is 30.2. The van der Waals surface area contributed by atoms with Crippen molar-refractivity contribution < 1.29 is 9.59 Å². The van der Waals surface area contributed by atoms with Crippen LogP contribution in [0.15, 0.2) is 48.5 Å². The number of carbonyl (C=O) groups excluding carboxylic acids is 2. The Balaban J connectivity index is -0.000000608. The van der Waals surface area contributed by atoms with Crippen molar-refractivity contribution in [1.82, 2.24) is 4.90 Å². The molecule has 0 unspecified atom stereocenters. The molecule has 1 aliphatic rings. The minimum absolute atomic E-state index is 0. The molecule has 41 heavy (non-hydrogen) atoms. The van der Waals surface area contributed by atoms with Gasteiger partial charge in [-0.2, -0.15) is 0 Å². The first kappa shape index (κ1) is 42.8. The van der Waals surface area contributed by atoms with E-state index in [0.717, 1.165) is 38.2 Å². The molecule has 0 spiro atoms. The van der Waals surface area contributed by atoms with Gasteiger partial charge in [0, 0.05) is 45.2 Å². The van der Waals surface area contributed by atoms with Crippen LogP contribution in [-0.4, -0.2) is 42.8 Å². The van der Waals surface area contributed by atoms with Gasteiger partial charge in [-0.1, -0.05) is 120 Å². The molecule has 2 aromatic rings. The van der Waals surface area contributed by atoms with E-state index in [1.807, 2.05) is 32.6 Å². The molecule has 1 aliphatic heterocycles. The quantitative estimate of drug-likeness (QED) is 0.359. The number of piperazine rings is 1. The van der Waals surface area contributed by atoms with Crippen molar-refractivity contribution in [2.24, 2.45) is 5.41 Å². The Labute approximate surface area is 255 Å². The summed E-state index contributed by atoms with van der Waals surface area (Å²) in [5, 5.41) is 0. The third-order valence-electron chi connectivity index (χ3n) is 6.46. The van der Waals surface area contributed by atoms with Gasteiger partial charge in [0.2, 0.25) is 5.91 Å². The van der Waals surface area contributed by atoms with Crippen LogP contribution in [0.25, 0.3) is 0 Å². The van der Waals surface area contributed by atoms with Crippen molar-refractivity contribution in [3.05, 3.63) is 65.2 Å². The fourth-order valence-electron chi connectivity index (χ4n) is 4.08. The van der Waals surface area contributed by atoms with Crippen LogP contribution in [0.2, 0.25) is 0 Å². The van der Waals surface area contributed by atoms with Crippen LogP contribution in [0.3, 0.4) is 0 Å². The van der Waals surface area contributed by atoms with E-state index in [0.29, 0.717) is 11.8 Å². The smallest absolute Gasteiger partial charge is 0.219 e. The number of anilines is 1. The van der Waals surface area contributed by atoms with Crippen LogP contribution >= 0.6 is 0 Å². The number of Topliss-reactive ketones (excluding diaryl/α,β-unsaturated/α-hetero) is 1. The Bertz CT molecular complexity index is 940. The monoisotopic (exact) mass is 571 g/mol. The van der Waals surface area contributed by atoms with Gasteiger partial charge in [0.15, 0.2) is 0 Å². The fourth-order valence-corrected chi connectivity index (χ4v) is 4.08. The maximum atomic E-state index is 11.3. The number of aryl methyl sites for hydroxylation is 1. The van der Waals surface area contributed by atoms with E-state index in [2.05, 4.69) is 95.0 Å². The highest BCUT2D eigenvalue weighted by atomic mass is 16.2. The Kier molecular flexibility index (Phi) is 22.1. The lowest BCUT2D eigenvalue weighted by molar-refractivity contribution is -0.129. The summed E-state index contributed by atoms with van der Waals surface area (Å²) in [5.74, 6) is 0.408. The second kappa shape index (κ2) is 21.1. The summed E-state index contributed by atoms with van der Waals surface area (Å²) in [6.07, 6.45) is 2.86. The topological polar surface area (TPSA) is 40.6 Å². The molecule has 2 aromatic carbocycles. The highest BCUT2D eigenvalue weighted by Crippen LogP contribution is 2.25. The highest BCUT2D eigenvalue weighted by Gasteiger charge is 2.19. The average molecular weight is 571 g/mol. The number of benzene rings is 2. The third-order valence-corrected chi connectivity index (χ3v) is 6.46. The van der Waals surface area contributed by atoms with Crippen molar-refractivity contribution in [3.8, 4) is 0 Å². The first-order valence-corrected chi connectivity index (χ1v) is 14.9. The molecule has 3 rings (SSSR count). The lowest BCUT2D eigenvalue weighted by atomic mass is 9.87. The summed E-state index contributed by atoms with van der Waals surface area (Å²) in [4.78, 5) is 26.5. The fraction of sp³-hybridized carbons (Fsp3) is 0.622. The van der Waals surface area contributed by atoms with Crippen molar-refractivity contribution in [3.63, 3.8) is 0 Å². The zero-order valence-corrected chi connectivity index (χ0v) is 27.3. The number of nitrogens with zero attached hydrogens (tertiary/aromatic N) is 2. The van der Waals surface area contributed by atoms with Crippen molar-refractivity contribution in [2.45, 2.75) is 123 Å². The van der Waals surface area contributed by atoms with Crippen LogP contribution < -0.4 is 4.90 Å². The molecule has 1 heterocycles. The number of amides is 1. The standard InChI is InChI=1S/C16H24N2O.C15H22O.2C2H6.2CH4/c1-13(19)17-9-11-18(12-10-17)15-7-5-14(6-8-15)16(2,3)4;1-12(16)11-14-7-5-13(6-8-14)9-10-15(2,3)4;2*1-2;;/h5-8H,9-12H2,1-4H3;5-8H,9-11H2,1-4H3;2*1-2H3;2*1H4. The largest absolute Gasteiger partial charge is 0.368 e. The lowest BCUT2D eigenvalue weighted by Crippen LogP contribution is -2.48. The summed E-state index contributed by atoms with van der Waals surface area (Å²) in [6.45, 7) is 28.3. The minimum Gasteiger partial charge on any atom is -0.368 e. The van der Waals surface area contributed by atoms with E-state index in [4.69, 9.17) is 0 Å². The molecule has 0 aromatic heterocycles. The second-order valence-electron chi connectivity index (χ2n) is 12.0. The van der Waals surface area contributed by atoms with Gasteiger partial charge >= 0.3 is 0 Å². The molecule has 236 valence electrons. The molecule has 0 saturated carbocycles. The summed E-state index contributed by atoms with van der Waals surface area (Å²) >= 11 is 0. The van der Waals surface area contributed by atoms with E-state index in [9.17, 15) is 9.59 Å². The molecule has 4 nitrogen and oxygen atoms in total. The normalized spacial score (nSPS) is 12.5. The molecule has 0 bridgehead atoms. The number of ketones is 1. The molecular formula is C37H66N2O2. The van der Waals surface area contributed by atoms with Gasteiger partial charge in [-0.3, -0.25) is 9.59 Å². The Morgan fingerprint density at radius 1 is 0.683 bits per heavy atom. The molecule has 0 N–H and O–H groups in total. The molecule has 0 aliphatic carbocycles. The Morgan fingerprint density at radius 3 is 1.49 bits per heavy atom. The number of rotatable bonds is 5. The third kappa shape index (κ3) is 17.7. The van der Waals surface area contributed by atoms with Gasteiger partial charge in [0.05, 0.1) is 0 Å². The van der Waals surface area contributed by atoms with Gasteiger partial charge in [0.1, 0.15) is 5.78 Å². The minimum atomic E-state index is 0. The Morgan fingerprint density at radius 2 is 1.12 bits per heavy atom. The van der Waals surface area contributed by atoms with Gasteiger partial charge < -0.3 is 9.80 Å². The molecule has 1 amide bonds. The highest BCUT2D eigenvalue weighted by molar-refractivity contribution is 5.78. The van der Waals surface area contributed by atoms with Crippen LogP contribution in [-0.2, 0) is 27.8 Å². The molecular weight excluding hydrogens is 504 g/mol. The SMILES string of the molecule is C.C.CC.CC.CC(=O)Cc1ccc(CCC(C)(C)C)cc1.CC(=O)N1CCN(c2ccc(C(C)(C)C)cc2)CC1.